The van der Waals surface area contributed by atoms with Crippen LogP contribution in [0.1, 0.15) is 64.7 Å². The van der Waals surface area contributed by atoms with E-state index >= 15 is 0 Å². The largest absolute Gasteiger partial charge is 0.314 e. The Morgan fingerprint density at radius 1 is 1.12 bits per heavy atom. The number of rotatable bonds is 6. The van der Waals surface area contributed by atoms with Gasteiger partial charge in [-0.1, -0.05) is 32.1 Å². The molecule has 1 heterocycles. The van der Waals surface area contributed by atoms with Gasteiger partial charge in [-0.15, -0.1) is 0 Å². The predicted octanol–water partition coefficient (Wildman–Crippen LogP) is 3.08. The van der Waals surface area contributed by atoms with E-state index in [9.17, 15) is 0 Å². The van der Waals surface area contributed by atoms with Crippen LogP contribution in [-0.2, 0) is 0 Å². The van der Waals surface area contributed by atoms with Crippen molar-refractivity contribution in [1.82, 2.24) is 10.6 Å². The summed E-state index contributed by atoms with van der Waals surface area (Å²) in [5.41, 5.74) is 0. The summed E-state index contributed by atoms with van der Waals surface area (Å²) in [5.74, 6) is 1.05. The maximum absolute atomic E-state index is 3.71. The Kier molecular flexibility index (Phi) is 5.79. The van der Waals surface area contributed by atoms with E-state index in [1.54, 1.807) is 0 Å². The Hall–Kier alpha value is -0.0800. The highest BCUT2D eigenvalue weighted by atomic mass is 14.9. The highest BCUT2D eigenvalue weighted by molar-refractivity contribution is 4.77. The molecule has 0 bridgehead atoms. The van der Waals surface area contributed by atoms with Crippen molar-refractivity contribution in [2.45, 2.75) is 76.8 Å². The lowest BCUT2D eigenvalue weighted by molar-refractivity contribution is 0.284. The lowest BCUT2D eigenvalue weighted by Crippen LogP contribution is -2.37. The molecule has 2 aliphatic rings. The van der Waals surface area contributed by atoms with Crippen molar-refractivity contribution in [3.63, 3.8) is 0 Å². The summed E-state index contributed by atoms with van der Waals surface area (Å²) in [5, 5.41) is 7.40. The van der Waals surface area contributed by atoms with E-state index in [1.807, 2.05) is 0 Å². The number of hydrogen-bond acceptors (Lipinski definition) is 2. The van der Waals surface area contributed by atoms with Crippen LogP contribution in [0.5, 0.6) is 0 Å². The zero-order valence-electron chi connectivity index (χ0n) is 11.5. The van der Waals surface area contributed by atoms with Gasteiger partial charge in [-0.25, -0.2) is 0 Å². The van der Waals surface area contributed by atoms with Gasteiger partial charge in [0.15, 0.2) is 0 Å². The van der Waals surface area contributed by atoms with Gasteiger partial charge in [0.05, 0.1) is 0 Å². The van der Waals surface area contributed by atoms with Gasteiger partial charge >= 0.3 is 0 Å². The Bertz CT molecular complexity index is 193. The first-order valence-corrected chi connectivity index (χ1v) is 7.81. The van der Waals surface area contributed by atoms with Gasteiger partial charge in [0, 0.05) is 12.1 Å². The summed E-state index contributed by atoms with van der Waals surface area (Å²) in [6.45, 7) is 4.82. The van der Waals surface area contributed by atoms with Crippen molar-refractivity contribution >= 4 is 0 Å². The van der Waals surface area contributed by atoms with Gasteiger partial charge < -0.3 is 10.6 Å². The van der Waals surface area contributed by atoms with E-state index < -0.39 is 0 Å². The normalized spacial score (nSPS) is 28.4. The quantitative estimate of drug-likeness (QED) is 0.743. The summed E-state index contributed by atoms with van der Waals surface area (Å²) in [4.78, 5) is 0. The van der Waals surface area contributed by atoms with E-state index in [4.69, 9.17) is 0 Å². The molecule has 2 heteroatoms. The van der Waals surface area contributed by atoms with Gasteiger partial charge in [0.25, 0.3) is 0 Å². The molecule has 2 rings (SSSR count). The van der Waals surface area contributed by atoms with Crippen LogP contribution in [0, 0.1) is 5.92 Å². The Labute approximate surface area is 107 Å². The van der Waals surface area contributed by atoms with E-state index in [1.165, 1.54) is 70.9 Å². The van der Waals surface area contributed by atoms with Crippen molar-refractivity contribution in [3.8, 4) is 0 Å². The third-order valence-electron chi connectivity index (χ3n) is 4.57. The Morgan fingerprint density at radius 2 is 2.00 bits per heavy atom. The summed E-state index contributed by atoms with van der Waals surface area (Å²) < 4.78 is 0. The fraction of sp³-hybridized carbons (Fsp3) is 1.00. The van der Waals surface area contributed by atoms with Crippen molar-refractivity contribution in [2.24, 2.45) is 5.92 Å². The average molecular weight is 238 g/mol. The minimum absolute atomic E-state index is 0.686. The maximum Gasteiger partial charge on any atom is 0.00817 e. The fourth-order valence-electron chi connectivity index (χ4n) is 3.13. The molecule has 2 nitrogen and oxygen atoms in total. The first-order chi connectivity index (χ1) is 8.34. The molecule has 0 aromatic carbocycles. The van der Waals surface area contributed by atoms with Crippen molar-refractivity contribution in [1.29, 1.82) is 0 Å². The lowest BCUT2D eigenvalue weighted by Gasteiger charge is -2.27. The molecular formula is C15H30N2. The summed E-state index contributed by atoms with van der Waals surface area (Å²) in [6, 6.07) is 1.45. The highest BCUT2D eigenvalue weighted by Gasteiger charge is 2.18. The number of nitrogens with one attached hydrogen (secondary N) is 2. The summed E-state index contributed by atoms with van der Waals surface area (Å²) in [6.07, 6.45) is 12.8. The van der Waals surface area contributed by atoms with Crippen LogP contribution in [0.3, 0.4) is 0 Å². The van der Waals surface area contributed by atoms with Gasteiger partial charge in [-0.3, -0.25) is 0 Å². The summed E-state index contributed by atoms with van der Waals surface area (Å²) >= 11 is 0. The van der Waals surface area contributed by atoms with Crippen molar-refractivity contribution in [3.05, 3.63) is 0 Å². The van der Waals surface area contributed by atoms with E-state index in [0.29, 0.717) is 6.04 Å². The molecule has 2 N–H and O–H groups in total. The molecule has 0 aromatic heterocycles. The second-order valence-corrected chi connectivity index (χ2v) is 6.18. The zero-order chi connectivity index (χ0) is 11.9. The van der Waals surface area contributed by atoms with Gasteiger partial charge in [0.2, 0.25) is 0 Å². The Balaban J connectivity index is 1.53. The minimum atomic E-state index is 0.686. The molecule has 1 saturated carbocycles. The van der Waals surface area contributed by atoms with E-state index in [-0.39, 0.29) is 0 Å². The Morgan fingerprint density at radius 3 is 2.76 bits per heavy atom. The fourth-order valence-corrected chi connectivity index (χ4v) is 3.13. The van der Waals surface area contributed by atoms with Crippen LogP contribution < -0.4 is 10.6 Å². The van der Waals surface area contributed by atoms with Crippen molar-refractivity contribution in [2.75, 3.05) is 13.1 Å². The molecule has 0 radical (unpaired) electrons. The SMILES string of the molecule is CC(CC1CCCCCN1)NCCC1CCC1. The van der Waals surface area contributed by atoms with Crippen LogP contribution in [0.15, 0.2) is 0 Å². The van der Waals surface area contributed by atoms with Gasteiger partial charge in [-0.2, -0.15) is 0 Å². The molecule has 17 heavy (non-hydrogen) atoms. The van der Waals surface area contributed by atoms with Crippen molar-refractivity contribution < 1.29 is 0 Å². The topological polar surface area (TPSA) is 24.1 Å². The molecule has 2 fully saturated rings. The standard InChI is InChI=1S/C15H30N2/c1-13(16-11-9-14-6-5-7-14)12-15-8-3-2-4-10-17-15/h13-17H,2-12H2,1H3. The lowest BCUT2D eigenvalue weighted by atomic mass is 9.83. The second-order valence-electron chi connectivity index (χ2n) is 6.18. The third kappa shape index (κ3) is 4.97. The third-order valence-corrected chi connectivity index (χ3v) is 4.57. The first-order valence-electron chi connectivity index (χ1n) is 7.81. The maximum atomic E-state index is 3.71. The molecule has 100 valence electrons. The van der Waals surface area contributed by atoms with Crippen LogP contribution in [0.2, 0.25) is 0 Å². The smallest absolute Gasteiger partial charge is 0.00817 e. The molecule has 2 atom stereocenters. The molecule has 2 unspecified atom stereocenters. The van der Waals surface area contributed by atoms with Gasteiger partial charge in [0.1, 0.15) is 0 Å². The minimum Gasteiger partial charge on any atom is -0.314 e. The molecular weight excluding hydrogens is 208 g/mol. The predicted molar refractivity (Wildman–Crippen MR) is 74.3 cm³/mol. The van der Waals surface area contributed by atoms with E-state index in [2.05, 4.69) is 17.6 Å². The van der Waals surface area contributed by atoms with E-state index in [0.717, 1.165) is 12.0 Å². The summed E-state index contributed by atoms with van der Waals surface area (Å²) in [7, 11) is 0. The highest BCUT2D eigenvalue weighted by Crippen LogP contribution is 2.28. The molecule has 1 aliphatic heterocycles. The first kappa shape index (κ1) is 13.4. The molecule has 1 aliphatic carbocycles. The molecule has 1 saturated heterocycles. The molecule has 0 aromatic rings. The number of hydrogen-bond donors (Lipinski definition) is 2. The second kappa shape index (κ2) is 7.38. The van der Waals surface area contributed by atoms with Crippen LogP contribution in [0.25, 0.3) is 0 Å². The van der Waals surface area contributed by atoms with Gasteiger partial charge in [-0.05, 0) is 51.6 Å². The monoisotopic (exact) mass is 238 g/mol. The molecule has 0 amide bonds. The average Bonchev–Trinajstić information content (AvgIpc) is 2.50. The van der Waals surface area contributed by atoms with Crippen LogP contribution in [-0.4, -0.2) is 25.2 Å². The van der Waals surface area contributed by atoms with Crippen LogP contribution in [0.4, 0.5) is 0 Å². The van der Waals surface area contributed by atoms with Crippen LogP contribution >= 0.6 is 0 Å². The zero-order valence-corrected chi connectivity index (χ0v) is 11.5. The molecule has 0 spiro atoms.